The second-order valence-electron chi connectivity index (χ2n) is 8.86. The van der Waals surface area contributed by atoms with E-state index in [1.165, 1.54) is 16.8 Å². The predicted molar refractivity (Wildman–Crippen MR) is 140 cm³/mol. The maximum Gasteiger partial charge on any atom is 0.119 e. The first-order valence-corrected chi connectivity index (χ1v) is 11.4. The number of aliphatic hydroxyl groups is 1. The fraction of sp³-hybridized carbons (Fsp3) is 0.538. The molecule has 0 aliphatic carbocycles. The normalized spacial score (nSPS) is 15.4. The number of unbranched alkanes of at least 4 members (excludes halogenated alkanes) is 1. The zero-order valence-electron chi connectivity index (χ0n) is 19.8. The van der Waals surface area contributed by atoms with E-state index in [1.54, 1.807) is 0 Å². The molecule has 32 heavy (non-hydrogen) atoms. The van der Waals surface area contributed by atoms with E-state index in [0.29, 0.717) is 0 Å². The zero-order chi connectivity index (χ0) is 21.4. The number of likely N-dealkylation sites (tertiary alicyclic amines) is 1. The summed E-state index contributed by atoms with van der Waals surface area (Å²) in [5.74, 6) is 0.931. The minimum absolute atomic E-state index is 0. The van der Waals surface area contributed by atoms with Gasteiger partial charge in [-0.25, -0.2) is 0 Å². The van der Waals surface area contributed by atoms with Gasteiger partial charge in [-0.05, 0) is 62.4 Å². The van der Waals surface area contributed by atoms with Crippen molar-refractivity contribution < 1.29 is 9.84 Å². The van der Waals surface area contributed by atoms with Crippen LogP contribution < -0.4 is 9.64 Å². The SMILES string of the molecule is CCCCOc1ccc(N(C)CCC2(O)CCN(Cc3cccc(C)c3)CC2)cc1.Cl.Cl. The summed E-state index contributed by atoms with van der Waals surface area (Å²) in [7, 11) is 2.10. The van der Waals surface area contributed by atoms with Gasteiger partial charge in [-0.2, -0.15) is 0 Å². The molecule has 0 aromatic heterocycles. The van der Waals surface area contributed by atoms with Crippen LogP contribution in [-0.2, 0) is 6.54 Å². The summed E-state index contributed by atoms with van der Waals surface area (Å²) in [5, 5.41) is 11.1. The van der Waals surface area contributed by atoms with Crippen molar-refractivity contribution in [3.05, 3.63) is 59.7 Å². The van der Waals surface area contributed by atoms with E-state index >= 15 is 0 Å². The molecule has 0 unspecified atom stereocenters. The molecule has 180 valence electrons. The van der Waals surface area contributed by atoms with Crippen molar-refractivity contribution in [3.8, 4) is 5.75 Å². The lowest BCUT2D eigenvalue weighted by atomic mass is 9.88. The van der Waals surface area contributed by atoms with Gasteiger partial charge in [-0.3, -0.25) is 4.90 Å². The Hall–Kier alpha value is -1.46. The number of halogens is 2. The zero-order valence-corrected chi connectivity index (χ0v) is 21.4. The number of nitrogens with zero attached hydrogens (tertiary/aromatic N) is 2. The minimum Gasteiger partial charge on any atom is -0.494 e. The summed E-state index contributed by atoms with van der Waals surface area (Å²) < 4.78 is 5.75. The Morgan fingerprint density at radius 2 is 1.75 bits per heavy atom. The van der Waals surface area contributed by atoms with Gasteiger partial charge in [0.25, 0.3) is 0 Å². The molecule has 1 N–H and O–H groups in total. The third-order valence-electron chi connectivity index (χ3n) is 6.23. The highest BCUT2D eigenvalue weighted by Gasteiger charge is 2.32. The van der Waals surface area contributed by atoms with Gasteiger partial charge in [0.05, 0.1) is 12.2 Å². The first-order chi connectivity index (χ1) is 14.5. The molecule has 0 bridgehead atoms. The third kappa shape index (κ3) is 8.82. The lowest BCUT2D eigenvalue weighted by molar-refractivity contribution is -0.0275. The summed E-state index contributed by atoms with van der Waals surface area (Å²) in [6.07, 6.45) is 4.72. The van der Waals surface area contributed by atoms with E-state index < -0.39 is 5.60 Å². The molecule has 1 saturated heterocycles. The van der Waals surface area contributed by atoms with E-state index in [1.807, 2.05) is 12.1 Å². The molecule has 3 rings (SSSR count). The van der Waals surface area contributed by atoms with Gasteiger partial charge < -0.3 is 14.7 Å². The lowest BCUT2D eigenvalue weighted by Crippen LogP contribution is -2.45. The Labute approximate surface area is 206 Å². The molecular formula is C26H40Cl2N2O2. The molecule has 0 atom stereocenters. The molecule has 2 aromatic rings. The number of aryl methyl sites for hydroxylation is 1. The number of benzene rings is 2. The first-order valence-electron chi connectivity index (χ1n) is 11.4. The summed E-state index contributed by atoms with van der Waals surface area (Å²) >= 11 is 0. The number of rotatable bonds is 10. The highest BCUT2D eigenvalue weighted by atomic mass is 35.5. The number of hydrogen-bond acceptors (Lipinski definition) is 4. The third-order valence-corrected chi connectivity index (χ3v) is 6.23. The predicted octanol–water partition coefficient (Wildman–Crippen LogP) is 5.87. The highest BCUT2D eigenvalue weighted by molar-refractivity contribution is 5.85. The molecule has 0 spiro atoms. The van der Waals surface area contributed by atoms with Crippen LogP contribution in [-0.4, -0.2) is 48.9 Å². The van der Waals surface area contributed by atoms with Crippen molar-refractivity contribution in [2.24, 2.45) is 0 Å². The van der Waals surface area contributed by atoms with Crippen LogP contribution in [0.3, 0.4) is 0 Å². The molecule has 1 aliphatic rings. The molecule has 2 aromatic carbocycles. The smallest absolute Gasteiger partial charge is 0.119 e. The minimum atomic E-state index is -0.555. The Morgan fingerprint density at radius 3 is 2.38 bits per heavy atom. The van der Waals surface area contributed by atoms with Crippen molar-refractivity contribution in [1.82, 2.24) is 4.90 Å². The van der Waals surface area contributed by atoms with E-state index in [4.69, 9.17) is 4.74 Å². The molecule has 6 heteroatoms. The molecule has 0 saturated carbocycles. The van der Waals surface area contributed by atoms with Crippen LogP contribution in [0.2, 0.25) is 0 Å². The quantitative estimate of drug-likeness (QED) is 0.429. The van der Waals surface area contributed by atoms with Gasteiger partial charge in [0.15, 0.2) is 0 Å². The maximum absolute atomic E-state index is 11.1. The lowest BCUT2D eigenvalue weighted by Gasteiger charge is -2.39. The van der Waals surface area contributed by atoms with Crippen LogP contribution in [0.1, 0.15) is 50.2 Å². The Kier molecular flexibility index (Phi) is 12.5. The van der Waals surface area contributed by atoms with E-state index in [0.717, 1.165) is 70.6 Å². The molecule has 1 aliphatic heterocycles. The largest absolute Gasteiger partial charge is 0.494 e. The van der Waals surface area contributed by atoms with Gasteiger partial charge in [-0.15, -0.1) is 24.8 Å². The van der Waals surface area contributed by atoms with Gasteiger partial charge in [-0.1, -0.05) is 43.2 Å². The van der Waals surface area contributed by atoms with Crippen LogP contribution in [0.4, 0.5) is 5.69 Å². The molecule has 0 amide bonds. The van der Waals surface area contributed by atoms with Crippen LogP contribution in [0, 0.1) is 6.92 Å². The monoisotopic (exact) mass is 482 g/mol. The molecule has 4 nitrogen and oxygen atoms in total. The maximum atomic E-state index is 11.1. The van der Waals surface area contributed by atoms with Crippen molar-refractivity contribution in [2.45, 2.75) is 58.1 Å². The Morgan fingerprint density at radius 1 is 1.06 bits per heavy atom. The first kappa shape index (κ1) is 28.6. The van der Waals surface area contributed by atoms with E-state index in [9.17, 15) is 5.11 Å². The summed E-state index contributed by atoms with van der Waals surface area (Å²) in [5.41, 5.74) is 3.28. The van der Waals surface area contributed by atoms with Crippen LogP contribution >= 0.6 is 24.8 Å². The topological polar surface area (TPSA) is 35.9 Å². The number of piperidine rings is 1. The molecular weight excluding hydrogens is 443 g/mol. The Bertz CT molecular complexity index is 778. The van der Waals surface area contributed by atoms with Crippen molar-refractivity contribution >= 4 is 30.5 Å². The van der Waals surface area contributed by atoms with Gasteiger partial charge in [0.1, 0.15) is 5.75 Å². The molecule has 0 radical (unpaired) electrons. The fourth-order valence-corrected chi connectivity index (χ4v) is 4.08. The number of anilines is 1. The second-order valence-corrected chi connectivity index (χ2v) is 8.86. The highest BCUT2D eigenvalue weighted by Crippen LogP contribution is 2.28. The van der Waals surface area contributed by atoms with Crippen LogP contribution in [0.25, 0.3) is 0 Å². The summed E-state index contributed by atoms with van der Waals surface area (Å²) in [4.78, 5) is 4.69. The van der Waals surface area contributed by atoms with Gasteiger partial charge >= 0.3 is 0 Å². The summed E-state index contributed by atoms with van der Waals surface area (Å²) in [6.45, 7) is 8.83. The van der Waals surface area contributed by atoms with Crippen LogP contribution in [0.5, 0.6) is 5.75 Å². The Balaban J connectivity index is 0.00000256. The average molecular weight is 484 g/mol. The number of hydrogen-bond donors (Lipinski definition) is 1. The van der Waals surface area contributed by atoms with Crippen molar-refractivity contribution in [2.75, 3.05) is 38.2 Å². The van der Waals surface area contributed by atoms with Crippen molar-refractivity contribution in [3.63, 3.8) is 0 Å². The van der Waals surface area contributed by atoms with E-state index in [2.05, 4.69) is 67.1 Å². The number of ether oxygens (including phenoxy) is 1. The van der Waals surface area contributed by atoms with Gasteiger partial charge in [0.2, 0.25) is 0 Å². The van der Waals surface area contributed by atoms with Crippen LogP contribution in [0.15, 0.2) is 48.5 Å². The standard InChI is InChI=1S/C26H38N2O2.2ClH/c1-4-5-19-30-25-11-9-24(10-12-25)27(3)16-13-26(29)14-17-28(18-15-26)21-23-8-6-7-22(2)20-23;;/h6-12,20,29H,4-5,13-19,21H2,1-3H3;2*1H. The van der Waals surface area contributed by atoms with Crippen molar-refractivity contribution in [1.29, 1.82) is 0 Å². The molecule has 1 fully saturated rings. The van der Waals surface area contributed by atoms with Gasteiger partial charge in [0, 0.05) is 38.9 Å². The average Bonchev–Trinajstić information content (AvgIpc) is 2.75. The second kappa shape index (κ2) is 13.9. The van der Waals surface area contributed by atoms with E-state index in [-0.39, 0.29) is 24.8 Å². The molecule has 1 heterocycles. The fourth-order valence-electron chi connectivity index (χ4n) is 4.08. The summed E-state index contributed by atoms with van der Waals surface area (Å²) in [6, 6.07) is 17.0.